The largest absolute Gasteiger partial charge is 0.487 e. The van der Waals surface area contributed by atoms with Gasteiger partial charge in [0.1, 0.15) is 5.76 Å². The summed E-state index contributed by atoms with van der Waals surface area (Å²) in [5.41, 5.74) is 5.76. The van der Waals surface area contributed by atoms with Gasteiger partial charge in [0.25, 0.3) is 0 Å². The van der Waals surface area contributed by atoms with Crippen LogP contribution in [-0.4, -0.2) is 14.2 Å². The van der Waals surface area contributed by atoms with Crippen LogP contribution in [0.5, 0.6) is 11.7 Å². The molecule has 2 rings (SSSR count). The van der Waals surface area contributed by atoms with Gasteiger partial charge >= 0.3 is 5.95 Å². The number of allylic oxidation sites excluding steroid dienone is 6. The molecule has 0 amide bonds. The Labute approximate surface area is 192 Å². The zero-order chi connectivity index (χ0) is 23.5. The van der Waals surface area contributed by atoms with E-state index in [1.165, 1.54) is 36.5 Å². The topological polar surface area (TPSA) is 48.7 Å². The lowest BCUT2D eigenvalue weighted by atomic mass is 10.0. The van der Waals surface area contributed by atoms with Gasteiger partial charge in [-0.05, 0) is 58.9 Å². The summed E-state index contributed by atoms with van der Waals surface area (Å²) in [6, 6.07) is 10.5. The van der Waals surface area contributed by atoms with Gasteiger partial charge in [-0.2, -0.15) is 0 Å². The highest BCUT2D eigenvalue weighted by molar-refractivity contribution is 5.36. The Kier molecular flexibility index (Phi) is 10.1. The van der Waals surface area contributed by atoms with E-state index in [2.05, 4.69) is 63.3 Å². The van der Waals surface area contributed by atoms with Crippen molar-refractivity contribution in [2.45, 2.75) is 59.8 Å². The molecule has 1 aromatic heterocycles. The van der Waals surface area contributed by atoms with Gasteiger partial charge in [0.15, 0.2) is 0 Å². The Hall–Kier alpha value is -3.01. The van der Waals surface area contributed by atoms with Crippen molar-refractivity contribution in [3.8, 4) is 11.7 Å². The molecule has 0 saturated heterocycles. The zero-order valence-corrected chi connectivity index (χ0v) is 20.3. The third kappa shape index (κ3) is 7.60. The minimum atomic E-state index is -0.189. The summed E-state index contributed by atoms with van der Waals surface area (Å²) in [4.78, 5) is 12.4. The average molecular weight is 437 g/mol. The smallest absolute Gasteiger partial charge is 0.332 e. The molecule has 1 heterocycles. The van der Waals surface area contributed by atoms with Crippen LogP contribution in [0.2, 0.25) is 0 Å². The number of ether oxygens (including phenoxy) is 2. The molecule has 0 spiro atoms. The third-order valence-corrected chi connectivity index (χ3v) is 5.51. The Morgan fingerprint density at radius 2 is 1.56 bits per heavy atom. The van der Waals surface area contributed by atoms with E-state index >= 15 is 0 Å². The van der Waals surface area contributed by atoms with Gasteiger partial charge in [0, 0.05) is 12.0 Å². The fourth-order valence-electron chi connectivity index (χ4n) is 3.54. The van der Waals surface area contributed by atoms with Gasteiger partial charge in [-0.3, -0.25) is 4.79 Å². The van der Waals surface area contributed by atoms with Crippen LogP contribution in [0.4, 0.5) is 0 Å². The first-order valence-electron chi connectivity index (χ1n) is 11.1. The number of rotatable bonds is 11. The summed E-state index contributed by atoms with van der Waals surface area (Å²) in [6.07, 6.45) is 11.3. The van der Waals surface area contributed by atoms with Crippen LogP contribution in [0.1, 0.15) is 56.9 Å². The Balaban J connectivity index is 1.89. The van der Waals surface area contributed by atoms with E-state index in [0.717, 1.165) is 25.7 Å². The van der Waals surface area contributed by atoms with E-state index in [9.17, 15) is 4.79 Å². The molecule has 0 aliphatic carbocycles. The van der Waals surface area contributed by atoms with E-state index in [4.69, 9.17) is 13.9 Å². The number of hydrogen-bond donors (Lipinski definition) is 0. The molecule has 0 N–H and O–H groups in total. The van der Waals surface area contributed by atoms with E-state index < -0.39 is 0 Å². The molecule has 1 aromatic carbocycles. The van der Waals surface area contributed by atoms with E-state index in [1.807, 2.05) is 6.07 Å². The minimum absolute atomic E-state index is 0.114. The van der Waals surface area contributed by atoms with Crippen molar-refractivity contribution in [1.82, 2.24) is 0 Å². The lowest BCUT2D eigenvalue weighted by Gasteiger charge is -2.09. The quantitative estimate of drug-likeness (QED) is 0.365. The predicted octanol–water partition coefficient (Wildman–Crippen LogP) is 6.76. The molecule has 0 atom stereocenters. The first kappa shape index (κ1) is 25.3. The van der Waals surface area contributed by atoms with Gasteiger partial charge in [-0.1, -0.05) is 65.3 Å². The van der Waals surface area contributed by atoms with Crippen molar-refractivity contribution in [2.24, 2.45) is 0 Å². The van der Waals surface area contributed by atoms with Crippen molar-refractivity contribution in [3.05, 3.63) is 92.4 Å². The first-order chi connectivity index (χ1) is 15.3. The fourth-order valence-corrected chi connectivity index (χ4v) is 3.54. The van der Waals surface area contributed by atoms with Gasteiger partial charge in [-0.15, -0.1) is 0 Å². The Morgan fingerprint density at radius 1 is 0.906 bits per heavy atom. The SMILES string of the molecule is COc1oc(CC=C(C)CCC=C(C)CC(C)=CCc2ccccc2)c(C)c(=O)c1OC. The van der Waals surface area contributed by atoms with Crippen molar-refractivity contribution in [1.29, 1.82) is 0 Å². The molecule has 4 heteroatoms. The van der Waals surface area contributed by atoms with Crippen LogP contribution in [-0.2, 0) is 12.8 Å². The third-order valence-electron chi connectivity index (χ3n) is 5.51. The van der Waals surface area contributed by atoms with Crippen LogP contribution in [0, 0.1) is 6.92 Å². The van der Waals surface area contributed by atoms with Crippen LogP contribution in [0.3, 0.4) is 0 Å². The lowest BCUT2D eigenvalue weighted by Crippen LogP contribution is -2.12. The van der Waals surface area contributed by atoms with Gasteiger partial charge < -0.3 is 13.9 Å². The standard InChI is InChI=1S/C28H36O4/c1-20(16-18-25-23(4)26(29)27(30-5)28(31-6)32-25)11-10-12-21(2)19-22(3)15-17-24-13-8-7-9-14-24/h7-9,12-16H,10-11,17-19H2,1-6H3. The normalized spacial score (nSPS) is 12.8. The van der Waals surface area contributed by atoms with E-state index in [0.29, 0.717) is 17.7 Å². The van der Waals surface area contributed by atoms with Gasteiger partial charge in [-0.25, -0.2) is 0 Å². The maximum absolute atomic E-state index is 12.4. The molecule has 0 aliphatic rings. The summed E-state index contributed by atoms with van der Waals surface area (Å²) in [5, 5.41) is 0. The summed E-state index contributed by atoms with van der Waals surface area (Å²) < 4.78 is 16.0. The molecule has 0 unspecified atom stereocenters. The molecule has 0 radical (unpaired) electrons. The number of benzene rings is 1. The molecular formula is C28H36O4. The van der Waals surface area contributed by atoms with Crippen LogP contribution in [0.25, 0.3) is 0 Å². The maximum Gasteiger partial charge on any atom is 0.332 e. The first-order valence-corrected chi connectivity index (χ1v) is 11.1. The summed E-state index contributed by atoms with van der Waals surface area (Å²) >= 11 is 0. The van der Waals surface area contributed by atoms with Crippen molar-refractivity contribution < 1.29 is 13.9 Å². The Bertz CT molecular complexity index is 1020. The molecule has 4 nitrogen and oxygen atoms in total. The molecule has 2 aromatic rings. The fraction of sp³-hybridized carbons (Fsp3) is 0.393. The molecule has 172 valence electrons. The molecule has 0 aliphatic heterocycles. The predicted molar refractivity (Wildman–Crippen MR) is 132 cm³/mol. The average Bonchev–Trinajstić information content (AvgIpc) is 2.79. The highest BCUT2D eigenvalue weighted by Crippen LogP contribution is 2.26. The van der Waals surface area contributed by atoms with Crippen molar-refractivity contribution in [2.75, 3.05) is 14.2 Å². The maximum atomic E-state index is 12.4. The summed E-state index contributed by atoms with van der Waals surface area (Å²) in [5.74, 6) is 0.847. The molecule has 0 fully saturated rings. The Morgan fingerprint density at radius 3 is 2.22 bits per heavy atom. The van der Waals surface area contributed by atoms with Crippen LogP contribution in [0.15, 0.2) is 74.5 Å². The van der Waals surface area contributed by atoms with Crippen LogP contribution >= 0.6 is 0 Å². The second-order valence-corrected chi connectivity index (χ2v) is 8.26. The van der Waals surface area contributed by atoms with E-state index in [1.54, 1.807) is 6.92 Å². The van der Waals surface area contributed by atoms with E-state index in [-0.39, 0.29) is 17.1 Å². The zero-order valence-electron chi connectivity index (χ0n) is 20.3. The van der Waals surface area contributed by atoms with Gasteiger partial charge in [0.05, 0.1) is 14.2 Å². The number of methoxy groups -OCH3 is 2. The molecule has 32 heavy (non-hydrogen) atoms. The summed E-state index contributed by atoms with van der Waals surface area (Å²) in [7, 11) is 2.91. The highest BCUT2D eigenvalue weighted by atomic mass is 16.6. The second-order valence-electron chi connectivity index (χ2n) is 8.26. The van der Waals surface area contributed by atoms with Crippen molar-refractivity contribution >= 4 is 0 Å². The minimum Gasteiger partial charge on any atom is -0.487 e. The monoisotopic (exact) mass is 436 g/mol. The lowest BCUT2D eigenvalue weighted by molar-refractivity contribution is 0.254. The summed E-state index contributed by atoms with van der Waals surface area (Å²) in [6.45, 7) is 8.26. The highest BCUT2D eigenvalue weighted by Gasteiger charge is 2.17. The number of hydrogen-bond acceptors (Lipinski definition) is 4. The molecule has 0 saturated carbocycles. The van der Waals surface area contributed by atoms with Gasteiger partial charge in [0.2, 0.25) is 11.2 Å². The van der Waals surface area contributed by atoms with Crippen molar-refractivity contribution in [3.63, 3.8) is 0 Å². The van der Waals surface area contributed by atoms with Crippen LogP contribution < -0.4 is 14.9 Å². The molecule has 0 bridgehead atoms. The second kappa shape index (κ2) is 12.7. The molecular weight excluding hydrogens is 400 g/mol.